The van der Waals surface area contributed by atoms with Gasteiger partial charge in [-0.15, -0.1) is 0 Å². The number of thioether (sulfide) groups is 1. The van der Waals surface area contributed by atoms with E-state index in [-0.39, 0.29) is 0 Å². The molecule has 0 amide bonds. The lowest BCUT2D eigenvalue weighted by atomic mass is 10.2. The Kier molecular flexibility index (Phi) is 4.95. The van der Waals surface area contributed by atoms with Gasteiger partial charge < -0.3 is 9.73 Å². The van der Waals surface area contributed by atoms with E-state index < -0.39 is 0 Å². The number of hydrogen-bond donors (Lipinski definition) is 1. The number of rotatable bonds is 6. The lowest BCUT2D eigenvalue weighted by Gasteiger charge is -2.21. The molecule has 3 nitrogen and oxygen atoms in total. The molecule has 0 aliphatic carbocycles. The van der Waals surface area contributed by atoms with Crippen LogP contribution in [0.4, 0.5) is 0 Å². The molecule has 1 fully saturated rings. The van der Waals surface area contributed by atoms with E-state index in [1.807, 2.05) is 6.26 Å². The first-order valence-corrected chi connectivity index (χ1v) is 7.50. The van der Waals surface area contributed by atoms with Crippen molar-refractivity contribution in [1.82, 2.24) is 10.2 Å². The normalized spacial score (nSPS) is 20.3. The summed E-state index contributed by atoms with van der Waals surface area (Å²) in [6.07, 6.45) is 3.18. The molecule has 0 spiro atoms. The summed E-state index contributed by atoms with van der Waals surface area (Å²) in [7, 11) is 2.20. The minimum atomic E-state index is 0.724. The maximum atomic E-state index is 5.60. The second-order valence-electron chi connectivity index (χ2n) is 4.63. The lowest BCUT2D eigenvalue weighted by molar-refractivity contribution is 0.234. The second-order valence-corrected chi connectivity index (χ2v) is 5.78. The molecule has 0 radical (unpaired) electrons. The van der Waals surface area contributed by atoms with Crippen molar-refractivity contribution >= 4 is 11.8 Å². The zero-order chi connectivity index (χ0) is 12.1. The molecular weight excluding hydrogens is 232 g/mol. The number of nitrogens with zero attached hydrogens (tertiary/aromatic N) is 1. The van der Waals surface area contributed by atoms with Crippen molar-refractivity contribution in [2.45, 2.75) is 32.5 Å². The Balaban J connectivity index is 1.83. The Labute approximate surface area is 108 Å². The summed E-state index contributed by atoms with van der Waals surface area (Å²) >= 11 is 2.06. The van der Waals surface area contributed by atoms with Gasteiger partial charge in [0, 0.05) is 23.9 Å². The molecule has 1 aliphatic rings. The molecular formula is C13H22N2OS. The highest BCUT2D eigenvalue weighted by Crippen LogP contribution is 2.23. The van der Waals surface area contributed by atoms with Gasteiger partial charge in [0.1, 0.15) is 5.76 Å². The van der Waals surface area contributed by atoms with E-state index in [9.17, 15) is 0 Å². The molecule has 1 aromatic heterocycles. The van der Waals surface area contributed by atoms with Crippen LogP contribution in [-0.4, -0.2) is 36.0 Å². The molecule has 2 heterocycles. The zero-order valence-electron chi connectivity index (χ0n) is 10.7. The molecule has 1 aliphatic heterocycles. The summed E-state index contributed by atoms with van der Waals surface area (Å²) in [6, 6.07) is 2.89. The van der Waals surface area contributed by atoms with Gasteiger partial charge >= 0.3 is 0 Å². The van der Waals surface area contributed by atoms with Gasteiger partial charge in [-0.05, 0) is 31.8 Å². The maximum absolute atomic E-state index is 5.60. The van der Waals surface area contributed by atoms with Crippen molar-refractivity contribution in [3.8, 4) is 0 Å². The van der Waals surface area contributed by atoms with Gasteiger partial charge in [-0.3, -0.25) is 4.90 Å². The van der Waals surface area contributed by atoms with Gasteiger partial charge in [-0.1, -0.05) is 6.92 Å². The van der Waals surface area contributed by atoms with Crippen LogP contribution in [-0.2, 0) is 13.1 Å². The summed E-state index contributed by atoms with van der Waals surface area (Å²) in [6.45, 7) is 4.95. The summed E-state index contributed by atoms with van der Waals surface area (Å²) < 4.78 is 5.60. The first kappa shape index (κ1) is 13.0. The summed E-state index contributed by atoms with van der Waals surface area (Å²) in [5, 5.41) is 3.31. The van der Waals surface area contributed by atoms with Crippen LogP contribution in [0.3, 0.4) is 0 Å². The highest BCUT2D eigenvalue weighted by Gasteiger charge is 2.20. The van der Waals surface area contributed by atoms with Crippen LogP contribution in [0, 0.1) is 0 Å². The molecule has 1 aromatic rings. The van der Waals surface area contributed by atoms with E-state index in [0.717, 1.165) is 31.4 Å². The quantitative estimate of drug-likeness (QED) is 0.843. The Morgan fingerprint density at radius 3 is 3.18 bits per heavy atom. The summed E-state index contributed by atoms with van der Waals surface area (Å²) in [4.78, 5) is 2.41. The summed E-state index contributed by atoms with van der Waals surface area (Å²) in [5.74, 6) is 3.65. The van der Waals surface area contributed by atoms with Crippen molar-refractivity contribution in [2.24, 2.45) is 0 Å². The first-order valence-electron chi connectivity index (χ1n) is 6.34. The van der Waals surface area contributed by atoms with Gasteiger partial charge in [-0.2, -0.15) is 11.8 Å². The van der Waals surface area contributed by atoms with Crippen molar-refractivity contribution in [3.05, 3.63) is 23.7 Å². The number of nitrogens with one attached hydrogen (secondary N) is 1. The third-order valence-electron chi connectivity index (χ3n) is 3.22. The average Bonchev–Trinajstić information content (AvgIpc) is 2.97. The molecule has 0 saturated carbocycles. The minimum Gasteiger partial charge on any atom is -0.468 e. The number of hydrogen-bond acceptors (Lipinski definition) is 4. The van der Waals surface area contributed by atoms with Gasteiger partial charge in [0.2, 0.25) is 0 Å². The van der Waals surface area contributed by atoms with Crippen LogP contribution >= 0.6 is 11.8 Å². The second kappa shape index (κ2) is 6.47. The van der Waals surface area contributed by atoms with E-state index in [1.54, 1.807) is 0 Å². The number of furan rings is 1. The fraction of sp³-hybridized carbons (Fsp3) is 0.692. The maximum Gasteiger partial charge on any atom is 0.118 e. The SMILES string of the molecule is CCNCc1coc(CN(C)C2CCSC2)c1. The molecule has 17 heavy (non-hydrogen) atoms. The molecule has 4 heteroatoms. The smallest absolute Gasteiger partial charge is 0.118 e. The first-order chi connectivity index (χ1) is 8.29. The molecule has 2 rings (SSSR count). The molecule has 1 N–H and O–H groups in total. The predicted octanol–water partition coefficient (Wildman–Crippen LogP) is 2.33. The zero-order valence-corrected chi connectivity index (χ0v) is 11.6. The standard InChI is InChI=1S/C13H22N2OS/c1-3-14-7-11-6-13(16-9-11)8-15(2)12-4-5-17-10-12/h6,9,12,14H,3-5,7-8,10H2,1-2H3. The van der Waals surface area contributed by atoms with Crippen molar-refractivity contribution in [3.63, 3.8) is 0 Å². The van der Waals surface area contributed by atoms with E-state index in [2.05, 4.69) is 42.0 Å². The molecule has 1 atom stereocenters. The largest absolute Gasteiger partial charge is 0.468 e. The molecule has 96 valence electrons. The predicted molar refractivity (Wildman–Crippen MR) is 73.3 cm³/mol. The monoisotopic (exact) mass is 254 g/mol. The molecule has 0 aromatic carbocycles. The van der Waals surface area contributed by atoms with Crippen LogP contribution in [0.1, 0.15) is 24.7 Å². The highest BCUT2D eigenvalue weighted by atomic mass is 32.2. The van der Waals surface area contributed by atoms with Gasteiger partial charge in [0.05, 0.1) is 12.8 Å². The molecule has 1 unspecified atom stereocenters. The van der Waals surface area contributed by atoms with Crippen molar-refractivity contribution < 1.29 is 4.42 Å². The third-order valence-corrected chi connectivity index (χ3v) is 4.37. The minimum absolute atomic E-state index is 0.724. The Morgan fingerprint density at radius 2 is 2.47 bits per heavy atom. The molecule has 0 bridgehead atoms. The third kappa shape index (κ3) is 3.76. The average molecular weight is 254 g/mol. The van der Waals surface area contributed by atoms with Crippen LogP contribution < -0.4 is 5.32 Å². The van der Waals surface area contributed by atoms with Gasteiger partial charge in [0.15, 0.2) is 0 Å². The summed E-state index contributed by atoms with van der Waals surface area (Å²) in [5.41, 5.74) is 1.25. The van der Waals surface area contributed by atoms with Crippen LogP contribution in [0.15, 0.2) is 16.7 Å². The van der Waals surface area contributed by atoms with Crippen LogP contribution in [0.5, 0.6) is 0 Å². The lowest BCUT2D eigenvalue weighted by Crippen LogP contribution is -2.30. The molecule has 1 saturated heterocycles. The van der Waals surface area contributed by atoms with E-state index in [0.29, 0.717) is 0 Å². The fourth-order valence-corrected chi connectivity index (χ4v) is 3.41. The Hall–Kier alpha value is -0.450. The van der Waals surface area contributed by atoms with Crippen LogP contribution in [0.25, 0.3) is 0 Å². The van der Waals surface area contributed by atoms with E-state index in [4.69, 9.17) is 4.42 Å². The fourth-order valence-electron chi connectivity index (χ4n) is 2.12. The van der Waals surface area contributed by atoms with E-state index >= 15 is 0 Å². The van der Waals surface area contributed by atoms with Gasteiger partial charge in [0.25, 0.3) is 0 Å². The van der Waals surface area contributed by atoms with Gasteiger partial charge in [-0.25, -0.2) is 0 Å². The topological polar surface area (TPSA) is 28.4 Å². The Bertz CT molecular complexity index is 334. The van der Waals surface area contributed by atoms with Crippen molar-refractivity contribution in [1.29, 1.82) is 0 Å². The van der Waals surface area contributed by atoms with E-state index in [1.165, 1.54) is 23.5 Å². The van der Waals surface area contributed by atoms with Crippen molar-refractivity contribution in [2.75, 3.05) is 25.1 Å². The highest BCUT2D eigenvalue weighted by molar-refractivity contribution is 7.99. The Morgan fingerprint density at radius 1 is 1.59 bits per heavy atom. The van der Waals surface area contributed by atoms with Crippen LogP contribution in [0.2, 0.25) is 0 Å².